The highest BCUT2D eigenvalue weighted by atomic mass is 16.5. The van der Waals surface area contributed by atoms with Crippen molar-refractivity contribution < 1.29 is 14.3 Å². The van der Waals surface area contributed by atoms with Gasteiger partial charge >= 0.3 is 5.97 Å². The van der Waals surface area contributed by atoms with Crippen LogP contribution in [0.2, 0.25) is 0 Å². The molecule has 1 aromatic rings. The molecule has 1 atom stereocenters. The Kier molecular flexibility index (Phi) is 3.82. The molecule has 5 nitrogen and oxygen atoms in total. The molecule has 0 aromatic heterocycles. The number of hydrogen-bond donors (Lipinski definition) is 1. The van der Waals surface area contributed by atoms with E-state index in [9.17, 15) is 4.79 Å². The molecule has 1 unspecified atom stereocenters. The predicted molar refractivity (Wildman–Crippen MR) is 67.6 cm³/mol. The number of ether oxygens (including phenoxy) is 2. The van der Waals surface area contributed by atoms with E-state index in [0.29, 0.717) is 18.7 Å². The fourth-order valence-corrected chi connectivity index (χ4v) is 1.81. The van der Waals surface area contributed by atoms with Crippen LogP contribution in [0.5, 0.6) is 5.75 Å². The molecule has 1 aromatic carbocycles. The molecule has 0 radical (unpaired) electrons. The lowest BCUT2D eigenvalue weighted by atomic mass is 10.0. The van der Waals surface area contributed by atoms with E-state index in [-0.39, 0.29) is 12.0 Å². The van der Waals surface area contributed by atoms with Gasteiger partial charge in [-0.3, -0.25) is 0 Å². The highest BCUT2D eigenvalue weighted by Gasteiger charge is 2.25. The monoisotopic (exact) mass is 248 g/mol. The number of benzene rings is 1. The van der Waals surface area contributed by atoms with Crippen LogP contribution in [0.15, 0.2) is 29.4 Å². The summed E-state index contributed by atoms with van der Waals surface area (Å²) in [7, 11) is 1.63. The Balaban J connectivity index is 1.99. The van der Waals surface area contributed by atoms with E-state index in [1.165, 1.54) is 0 Å². The minimum Gasteiger partial charge on any atom is -0.497 e. The molecule has 0 aliphatic carbocycles. The van der Waals surface area contributed by atoms with Gasteiger partial charge in [0.25, 0.3) is 0 Å². The van der Waals surface area contributed by atoms with Crippen LogP contribution in [-0.4, -0.2) is 25.4 Å². The second-order valence-electron chi connectivity index (χ2n) is 3.94. The summed E-state index contributed by atoms with van der Waals surface area (Å²) in [5, 5.41) is 4.02. The average molecular weight is 248 g/mol. The zero-order chi connectivity index (χ0) is 13.0. The highest BCUT2D eigenvalue weighted by molar-refractivity contribution is 6.36. The van der Waals surface area contributed by atoms with Gasteiger partial charge in [0.2, 0.25) is 0 Å². The number of carbonyl (C=O) groups is 1. The summed E-state index contributed by atoms with van der Waals surface area (Å²) in [6.07, 6.45) is 0.547. The number of nitrogens with zero attached hydrogens (tertiary/aromatic N) is 1. The Morgan fingerprint density at radius 2 is 2.17 bits per heavy atom. The van der Waals surface area contributed by atoms with Crippen LogP contribution in [0.1, 0.15) is 24.9 Å². The fourth-order valence-electron chi connectivity index (χ4n) is 1.81. The number of hydrazone groups is 1. The molecule has 0 fully saturated rings. The maximum Gasteiger partial charge on any atom is 0.354 e. The van der Waals surface area contributed by atoms with Gasteiger partial charge in [-0.1, -0.05) is 12.1 Å². The summed E-state index contributed by atoms with van der Waals surface area (Å²) >= 11 is 0. The van der Waals surface area contributed by atoms with Crippen LogP contribution in [0.3, 0.4) is 0 Å². The number of hydrogen-bond acceptors (Lipinski definition) is 5. The van der Waals surface area contributed by atoms with Gasteiger partial charge in [-0.15, -0.1) is 0 Å². The number of carbonyl (C=O) groups excluding carboxylic acids is 1. The maximum atomic E-state index is 11.5. The average Bonchev–Trinajstić information content (AvgIpc) is 2.89. The SMILES string of the molecule is CCOC(=O)C1=NNC(c2ccc(OC)cc2)C1. The summed E-state index contributed by atoms with van der Waals surface area (Å²) in [5.74, 6) is 0.462. The van der Waals surface area contributed by atoms with Gasteiger partial charge < -0.3 is 14.9 Å². The molecular weight excluding hydrogens is 232 g/mol. The van der Waals surface area contributed by atoms with Gasteiger partial charge in [0, 0.05) is 6.42 Å². The van der Waals surface area contributed by atoms with Crippen LogP contribution in [0, 0.1) is 0 Å². The van der Waals surface area contributed by atoms with Crippen molar-refractivity contribution in [1.82, 2.24) is 5.43 Å². The Morgan fingerprint density at radius 3 is 2.78 bits per heavy atom. The number of rotatable bonds is 4. The van der Waals surface area contributed by atoms with Gasteiger partial charge in [-0.25, -0.2) is 4.79 Å². The molecule has 1 aliphatic heterocycles. The van der Waals surface area contributed by atoms with Crippen LogP contribution in [-0.2, 0) is 9.53 Å². The first-order chi connectivity index (χ1) is 8.74. The summed E-state index contributed by atoms with van der Waals surface area (Å²) in [5.41, 5.74) is 4.46. The minimum atomic E-state index is -0.346. The predicted octanol–water partition coefficient (Wildman–Crippen LogP) is 1.65. The standard InChI is InChI=1S/C13H16N2O3/c1-3-18-13(16)12-8-11(14-15-12)9-4-6-10(17-2)7-5-9/h4-7,11,14H,3,8H2,1-2H3. The van der Waals surface area contributed by atoms with Crippen molar-refractivity contribution in [3.63, 3.8) is 0 Å². The lowest BCUT2D eigenvalue weighted by molar-refractivity contribution is -0.135. The molecule has 2 rings (SSSR count). The van der Waals surface area contributed by atoms with Crippen molar-refractivity contribution in [2.45, 2.75) is 19.4 Å². The second kappa shape index (κ2) is 5.53. The third-order valence-corrected chi connectivity index (χ3v) is 2.78. The van der Waals surface area contributed by atoms with Crippen molar-refractivity contribution in [1.29, 1.82) is 0 Å². The van der Waals surface area contributed by atoms with E-state index in [1.807, 2.05) is 24.3 Å². The van der Waals surface area contributed by atoms with Crippen molar-refractivity contribution in [3.8, 4) is 5.75 Å². The molecule has 1 aliphatic rings. The van der Waals surface area contributed by atoms with E-state index in [1.54, 1.807) is 14.0 Å². The van der Waals surface area contributed by atoms with Gasteiger partial charge in [0.1, 0.15) is 11.5 Å². The second-order valence-corrected chi connectivity index (χ2v) is 3.94. The molecule has 1 heterocycles. The van der Waals surface area contributed by atoms with E-state index >= 15 is 0 Å². The molecule has 96 valence electrons. The zero-order valence-electron chi connectivity index (χ0n) is 10.5. The lowest BCUT2D eigenvalue weighted by Gasteiger charge is -2.10. The molecular formula is C13H16N2O3. The van der Waals surface area contributed by atoms with E-state index in [0.717, 1.165) is 11.3 Å². The molecule has 0 amide bonds. The summed E-state index contributed by atoms with van der Waals surface area (Å²) in [6.45, 7) is 2.15. The van der Waals surface area contributed by atoms with Crippen LogP contribution >= 0.6 is 0 Å². The van der Waals surface area contributed by atoms with Crippen molar-refractivity contribution in [2.75, 3.05) is 13.7 Å². The van der Waals surface area contributed by atoms with E-state index in [2.05, 4.69) is 10.5 Å². The van der Waals surface area contributed by atoms with Crippen molar-refractivity contribution >= 4 is 11.7 Å². The van der Waals surface area contributed by atoms with Gasteiger partial charge in [-0.2, -0.15) is 5.10 Å². The summed E-state index contributed by atoms with van der Waals surface area (Å²) in [6, 6.07) is 7.72. The molecule has 5 heteroatoms. The Labute approximate surface area is 106 Å². The van der Waals surface area contributed by atoms with Crippen LogP contribution in [0.25, 0.3) is 0 Å². The van der Waals surface area contributed by atoms with Gasteiger partial charge in [-0.05, 0) is 24.6 Å². The first-order valence-corrected chi connectivity index (χ1v) is 5.87. The number of methoxy groups -OCH3 is 1. The molecule has 0 saturated carbocycles. The van der Waals surface area contributed by atoms with E-state index in [4.69, 9.17) is 9.47 Å². The summed E-state index contributed by atoms with van der Waals surface area (Å²) in [4.78, 5) is 11.5. The van der Waals surface area contributed by atoms with Gasteiger partial charge in [0.15, 0.2) is 0 Å². The molecule has 0 spiro atoms. The van der Waals surface area contributed by atoms with Crippen LogP contribution in [0.4, 0.5) is 0 Å². The first kappa shape index (κ1) is 12.4. The largest absolute Gasteiger partial charge is 0.497 e. The summed E-state index contributed by atoms with van der Waals surface area (Å²) < 4.78 is 10.0. The normalized spacial score (nSPS) is 17.9. The fraction of sp³-hybridized carbons (Fsp3) is 0.385. The number of esters is 1. The topological polar surface area (TPSA) is 59.9 Å². The lowest BCUT2D eigenvalue weighted by Crippen LogP contribution is -2.16. The maximum absolute atomic E-state index is 11.5. The van der Waals surface area contributed by atoms with Crippen molar-refractivity contribution in [2.24, 2.45) is 5.10 Å². The third-order valence-electron chi connectivity index (χ3n) is 2.78. The molecule has 0 bridgehead atoms. The third kappa shape index (κ3) is 2.61. The highest BCUT2D eigenvalue weighted by Crippen LogP contribution is 2.24. The first-order valence-electron chi connectivity index (χ1n) is 5.87. The smallest absolute Gasteiger partial charge is 0.354 e. The molecule has 18 heavy (non-hydrogen) atoms. The Hall–Kier alpha value is -2.04. The molecule has 1 N–H and O–H groups in total. The quantitative estimate of drug-likeness (QED) is 0.823. The van der Waals surface area contributed by atoms with E-state index < -0.39 is 0 Å². The minimum absolute atomic E-state index is 0.0234. The number of nitrogens with one attached hydrogen (secondary N) is 1. The van der Waals surface area contributed by atoms with Crippen molar-refractivity contribution in [3.05, 3.63) is 29.8 Å². The Morgan fingerprint density at radius 1 is 1.44 bits per heavy atom. The zero-order valence-corrected chi connectivity index (χ0v) is 10.5. The van der Waals surface area contributed by atoms with Gasteiger partial charge in [0.05, 0.1) is 19.8 Å². The Bertz CT molecular complexity index is 454. The molecule has 0 saturated heterocycles. The van der Waals surface area contributed by atoms with Crippen LogP contribution < -0.4 is 10.2 Å².